The molecule has 2 aromatic rings. The number of hydrogen-bond acceptors (Lipinski definition) is 6. The minimum absolute atomic E-state index is 0.145. The Hall–Kier alpha value is -1.38. The van der Waals surface area contributed by atoms with Crippen LogP contribution in [-0.4, -0.2) is 31.7 Å². The van der Waals surface area contributed by atoms with E-state index in [9.17, 15) is 8.42 Å². The zero-order valence-corrected chi connectivity index (χ0v) is 15.4. The van der Waals surface area contributed by atoms with Gasteiger partial charge in [-0.2, -0.15) is 0 Å². The van der Waals surface area contributed by atoms with E-state index in [0.717, 1.165) is 43.1 Å². The van der Waals surface area contributed by atoms with Crippen molar-refractivity contribution in [2.45, 2.75) is 30.9 Å². The Morgan fingerprint density at radius 2 is 1.83 bits per heavy atom. The summed E-state index contributed by atoms with van der Waals surface area (Å²) in [6, 6.07) is 6.40. The van der Waals surface area contributed by atoms with Gasteiger partial charge in [0.2, 0.25) is 0 Å². The Bertz CT molecular complexity index is 725. The molecule has 0 aliphatic heterocycles. The largest absolute Gasteiger partial charge is 0.355 e. The van der Waals surface area contributed by atoms with Gasteiger partial charge in [0.1, 0.15) is 4.21 Å². The minimum Gasteiger partial charge on any atom is -0.355 e. The molecular weight excluding hydrogens is 356 g/mol. The predicted octanol–water partition coefficient (Wildman–Crippen LogP) is 3.62. The van der Waals surface area contributed by atoms with Gasteiger partial charge in [0.05, 0.1) is 4.34 Å². The molecule has 0 saturated heterocycles. The van der Waals surface area contributed by atoms with Crippen molar-refractivity contribution in [1.82, 2.24) is 10.2 Å². The molecule has 0 amide bonds. The highest BCUT2D eigenvalue weighted by Gasteiger charge is 2.18. The molecule has 0 saturated carbocycles. The lowest BCUT2D eigenvalue weighted by atomic mass is 10.3. The molecule has 126 valence electrons. The van der Waals surface area contributed by atoms with Crippen molar-refractivity contribution >= 4 is 44.6 Å². The van der Waals surface area contributed by atoms with E-state index in [4.69, 9.17) is 11.6 Å². The predicted molar refractivity (Wildman–Crippen MR) is 95.0 cm³/mol. The first kappa shape index (κ1) is 18.0. The lowest BCUT2D eigenvalue weighted by molar-refractivity contribution is 0.603. The van der Waals surface area contributed by atoms with Crippen LogP contribution in [0.25, 0.3) is 0 Å². The zero-order chi connectivity index (χ0) is 16.9. The lowest BCUT2D eigenvalue weighted by Crippen LogP contribution is -2.26. The fourth-order valence-electron chi connectivity index (χ4n) is 2.06. The van der Waals surface area contributed by atoms with Crippen molar-refractivity contribution < 1.29 is 8.42 Å². The summed E-state index contributed by atoms with van der Waals surface area (Å²) in [6.07, 6.45) is 2.02. The third kappa shape index (κ3) is 4.79. The maximum atomic E-state index is 12.2. The van der Waals surface area contributed by atoms with Crippen molar-refractivity contribution in [3.8, 4) is 0 Å². The Balaban J connectivity index is 2.13. The van der Waals surface area contributed by atoms with Gasteiger partial charge >= 0.3 is 0 Å². The number of hydrogen-bond donors (Lipinski definition) is 1. The Kier molecular flexibility index (Phi) is 6.20. The minimum atomic E-state index is -3.68. The third-order valence-corrected chi connectivity index (χ3v) is 6.09. The number of halogens is 1. The average molecular weight is 375 g/mol. The molecule has 0 aliphatic rings. The van der Waals surface area contributed by atoms with Crippen LogP contribution in [0.1, 0.15) is 26.7 Å². The summed E-state index contributed by atoms with van der Waals surface area (Å²) in [6.45, 7) is 5.98. The van der Waals surface area contributed by atoms with E-state index < -0.39 is 10.0 Å². The van der Waals surface area contributed by atoms with E-state index in [1.54, 1.807) is 18.2 Å². The van der Waals surface area contributed by atoms with Gasteiger partial charge in [0, 0.05) is 13.1 Å². The second-order valence-electron chi connectivity index (χ2n) is 4.93. The Labute approximate surface area is 145 Å². The van der Waals surface area contributed by atoms with Crippen LogP contribution in [0.15, 0.2) is 28.5 Å². The van der Waals surface area contributed by atoms with Crippen LogP contribution < -0.4 is 9.62 Å². The number of thiophene rings is 1. The lowest BCUT2D eigenvalue weighted by Gasteiger charge is -2.21. The van der Waals surface area contributed by atoms with Crippen LogP contribution in [0.3, 0.4) is 0 Å². The van der Waals surface area contributed by atoms with Gasteiger partial charge in [-0.15, -0.1) is 21.5 Å². The molecule has 23 heavy (non-hydrogen) atoms. The SMILES string of the molecule is CCCN(CCC)c1ccc(NS(=O)(=O)c2ccc(Cl)s2)nn1. The van der Waals surface area contributed by atoms with Crippen LogP contribution >= 0.6 is 22.9 Å². The number of aromatic nitrogens is 2. The molecule has 0 aliphatic carbocycles. The van der Waals surface area contributed by atoms with Crippen LogP contribution in [0.5, 0.6) is 0 Å². The van der Waals surface area contributed by atoms with Crippen LogP contribution in [0, 0.1) is 0 Å². The molecule has 1 N–H and O–H groups in total. The molecule has 2 aromatic heterocycles. The fraction of sp³-hybridized carbons (Fsp3) is 0.429. The van der Waals surface area contributed by atoms with Gasteiger partial charge in [-0.05, 0) is 37.1 Å². The third-order valence-electron chi connectivity index (χ3n) is 3.01. The van der Waals surface area contributed by atoms with E-state index >= 15 is 0 Å². The quantitative estimate of drug-likeness (QED) is 0.763. The number of sulfonamides is 1. The molecule has 0 unspecified atom stereocenters. The number of rotatable bonds is 8. The van der Waals surface area contributed by atoms with Gasteiger partial charge in [-0.3, -0.25) is 4.72 Å². The van der Waals surface area contributed by atoms with E-state index in [2.05, 4.69) is 33.7 Å². The second kappa shape index (κ2) is 7.94. The average Bonchev–Trinajstić information content (AvgIpc) is 2.95. The van der Waals surface area contributed by atoms with Gasteiger partial charge in [-0.25, -0.2) is 8.42 Å². The molecule has 0 bridgehead atoms. The molecule has 9 heteroatoms. The summed E-state index contributed by atoms with van der Waals surface area (Å²) < 4.78 is 27.4. The van der Waals surface area contributed by atoms with E-state index in [1.165, 1.54) is 6.07 Å². The van der Waals surface area contributed by atoms with Gasteiger partial charge in [-0.1, -0.05) is 25.4 Å². The zero-order valence-electron chi connectivity index (χ0n) is 13.0. The van der Waals surface area contributed by atoms with Crippen molar-refractivity contribution in [2.75, 3.05) is 22.7 Å². The topological polar surface area (TPSA) is 75.2 Å². The smallest absolute Gasteiger partial charge is 0.272 e. The van der Waals surface area contributed by atoms with Gasteiger partial charge < -0.3 is 4.90 Å². The highest BCUT2D eigenvalue weighted by molar-refractivity contribution is 7.94. The fourth-order valence-corrected chi connectivity index (χ4v) is 4.54. The van der Waals surface area contributed by atoms with Crippen molar-refractivity contribution in [3.63, 3.8) is 0 Å². The normalized spacial score (nSPS) is 11.4. The summed E-state index contributed by atoms with van der Waals surface area (Å²) in [5.41, 5.74) is 0. The van der Waals surface area contributed by atoms with Crippen LogP contribution in [0.4, 0.5) is 11.6 Å². The highest BCUT2D eigenvalue weighted by atomic mass is 35.5. The maximum Gasteiger partial charge on any atom is 0.272 e. The molecule has 0 atom stereocenters. The molecule has 0 spiro atoms. The molecule has 0 radical (unpaired) electrons. The summed E-state index contributed by atoms with van der Waals surface area (Å²) in [4.78, 5) is 2.13. The first-order valence-electron chi connectivity index (χ1n) is 7.33. The molecule has 6 nitrogen and oxygen atoms in total. The summed E-state index contributed by atoms with van der Waals surface area (Å²) in [5, 5.41) is 8.10. The highest BCUT2D eigenvalue weighted by Crippen LogP contribution is 2.27. The number of nitrogens with zero attached hydrogens (tertiary/aromatic N) is 3. The van der Waals surface area contributed by atoms with Gasteiger partial charge in [0.25, 0.3) is 10.0 Å². The van der Waals surface area contributed by atoms with Crippen molar-refractivity contribution in [1.29, 1.82) is 0 Å². The summed E-state index contributed by atoms with van der Waals surface area (Å²) in [5.74, 6) is 0.932. The standard InChI is InChI=1S/C14H19ClN4O2S2/c1-3-9-19(10-4-2)13-7-6-12(16-17-13)18-23(20,21)14-8-5-11(15)22-14/h5-8H,3-4,9-10H2,1-2H3,(H,16,18). The van der Waals surface area contributed by atoms with Gasteiger partial charge in [0.15, 0.2) is 11.6 Å². The first-order chi connectivity index (χ1) is 11.0. The van der Waals surface area contributed by atoms with Crippen molar-refractivity contribution in [2.24, 2.45) is 0 Å². The summed E-state index contributed by atoms with van der Waals surface area (Å²) >= 11 is 6.77. The van der Waals surface area contributed by atoms with E-state index in [1.807, 2.05) is 0 Å². The molecule has 0 aromatic carbocycles. The molecular formula is C14H19ClN4O2S2. The number of anilines is 2. The van der Waals surface area contributed by atoms with Crippen molar-refractivity contribution in [3.05, 3.63) is 28.6 Å². The monoisotopic (exact) mass is 374 g/mol. The van der Waals surface area contributed by atoms with Crippen LogP contribution in [-0.2, 0) is 10.0 Å². The van der Waals surface area contributed by atoms with E-state index in [0.29, 0.717) is 4.34 Å². The maximum absolute atomic E-state index is 12.2. The van der Waals surface area contributed by atoms with E-state index in [-0.39, 0.29) is 10.0 Å². The van der Waals surface area contributed by atoms with Crippen LogP contribution in [0.2, 0.25) is 4.34 Å². The second-order valence-corrected chi connectivity index (χ2v) is 8.55. The number of nitrogens with one attached hydrogen (secondary N) is 1. The Morgan fingerprint density at radius 3 is 2.30 bits per heavy atom. The summed E-state index contributed by atoms with van der Waals surface area (Å²) in [7, 11) is -3.68. The molecule has 0 fully saturated rings. The Morgan fingerprint density at radius 1 is 1.13 bits per heavy atom. The molecule has 2 rings (SSSR count). The first-order valence-corrected chi connectivity index (χ1v) is 10.0. The molecule has 2 heterocycles.